The molecule has 7 nitrogen and oxygen atoms in total. The first-order chi connectivity index (χ1) is 10.4. The van der Waals surface area contributed by atoms with Crippen molar-refractivity contribution in [1.29, 1.82) is 0 Å². The number of fused-ring (bicyclic) bond motifs is 1. The SMILES string of the molecule is O=c1[nH]c(=O)c2ccc(S(=O)(=O)O)c(-c3ccccc3)c2[nH]1. The van der Waals surface area contributed by atoms with Crippen molar-refractivity contribution >= 4 is 21.0 Å². The van der Waals surface area contributed by atoms with E-state index < -0.39 is 21.4 Å². The van der Waals surface area contributed by atoms with E-state index >= 15 is 0 Å². The van der Waals surface area contributed by atoms with Crippen LogP contribution >= 0.6 is 0 Å². The molecule has 0 aliphatic heterocycles. The average Bonchev–Trinajstić information content (AvgIpc) is 2.46. The molecule has 0 saturated carbocycles. The lowest BCUT2D eigenvalue weighted by Crippen LogP contribution is -2.22. The Bertz CT molecular complexity index is 1080. The van der Waals surface area contributed by atoms with E-state index in [0.29, 0.717) is 5.56 Å². The summed E-state index contributed by atoms with van der Waals surface area (Å²) in [6.45, 7) is 0. The summed E-state index contributed by atoms with van der Waals surface area (Å²) in [4.78, 5) is 27.5. The van der Waals surface area contributed by atoms with E-state index in [9.17, 15) is 22.6 Å². The molecular weight excluding hydrogens is 308 g/mol. The van der Waals surface area contributed by atoms with Gasteiger partial charge in [-0.05, 0) is 17.7 Å². The van der Waals surface area contributed by atoms with Gasteiger partial charge < -0.3 is 4.98 Å². The first-order valence-corrected chi connectivity index (χ1v) is 7.64. The Morgan fingerprint density at radius 1 is 0.909 bits per heavy atom. The number of hydrogen-bond acceptors (Lipinski definition) is 4. The molecule has 22 heavy (non-hydrogen) atoms. The van der Waals surface area contributed by atoms with Crippen LogP contribution in [-0.4, -0.2) is 22.9 Å². The lowest BCUT2D eigenvalue weighted by Gasteiger charge is -2.10. The van der Waals surface area contributed by atoms with Crippen molar-refractivity contribution < 1.29 is 13.0 Å². The summed E-state index contributed by atoms with van der Waals surface area (Å²) in [6.07, 6.45) is 0. The van der Waals surface area contributed by atoms with Gasteiger partial charge in [-0.15, -0.1) is 0 Å². The summed E-state index contributed by atoms with van der Waals surface area (Å²) >= 11 is 0. The van der Waals surface area contributed by atoms with Crippen molar-refractivity contribution in [3.63, 3.8) is 0 Å². The molecule has 0 saturated heterocycles. The van der Waals surface area contributed by atoms with Crippen molar-refractivity contribution in [2.45, 2.75) is 4.90 Å². The second-order valence-corrected chi connectivity index (χ2v) is 6.00. The normalized spacial score (nSPS) is 11.7. The monoisotopic (exact) mass is 318 g/mol. The summed E-state index contributed by atoms with van der Waals surface area (Å²) in [6, 6.07) is 10.7. The molecule has 2 aromatic carbocycles. The van der Waals surface area contributed by atoms with Gasteiger partial charge in [0.15, 0.2) is 0 Å². The summed E-state index contributed by atoms with van der Waals surface area (Å²) in [7, 11) is -4.53. The molecule has 0 aliphatic carbocycles. The first kappa shape index (κ1) is 14.2. The van der Waals surface area contributed by atoms with Crippen LogP contribution in [0.4, 0.5) is 0 Å². The van der Waals surface area contributed by atoms with Gasteiger partial charge in [0, 0.05) is 5.56 Å². The Morgan fingerprint density at radius 2 is 1.59 bits per heavy atom. The zero-order valence-corrected chi connectivity index (χ0v) is 11.8. The van der Waals surface area contributed by atoms with E-state index in [2.05, 4.69) is 9.97 Å². The molecule has 8 heteroatoms. The molecular formula is C14H10N2O5S. The Hall–Kier alpha value is -2.71. The van der Waals surface area contributed by atoms with Crippen LogP contribution in [0.1, 0.15) is 0 Å². The maximum Gasteiger partial charge on any atom is 0.326 e. The number of aromatic nitrogens is 2. The van der Waals surface area contributed by atoms with Gasteiger partial charge in [-0.1, -0.05) is 30.3 Å². The van der Waals surface area contributed by atoms with Crippen LogP contribution in [0.25, 0.3) is 22.0 Å². The van der Waals surface area contributed by atoms with E-state index in [-0.39, 0.29) is 21.4 Å². The molecule has 0 aliphatic rings. The van der Waals surface area contributed by atoms with Gasteiger partial charge in [0.25, 0.3) is 15.7 Å². The standard InChI is InChI=1S/C14H10N2O5S/c17-13-9-6-7-10(22(19,20)21)11(8-4-2-1-3-5-8)12(9)15-14(18)16-13/h1-7H,(H,19,20,21)(H2,15,16,17,18). The summed E-state index contributed by atoms with van der Waals surface area (Å²) in [5.41, 5.74) is -0.833. The molecule has 1 heterocycles. The number of benzene rings is 2. The molecule has 0 unspecified atom stereocenters. The maximum atomic E-state index is 11.9. The summed E-state index contributed by atoms with van der Waals surface area (Å²) in [5.74, 6) is 0. The Labute approximate surface area is 124 Å². The number of rotatable bonds is 2. The van der Waals surface area contributed by atoms with Gasteiger partial charge in [0.1, 0.15) is 4.90 Å². The molecule has 0 bridgehead atoms. The number of nitrogens with one attached hydrogen (secondary N) is 2. The molecule has 3 rings (SSSR count). The van der Waals surface area contributed by atoms with Crippen LogP contribution in [0.5, 0.6) is 0 Å². The molecule has 0 radical (unpaired) electrons. The van der Waals surface area contributed by atoms with Crippen molar-refractivity contribution in [1.82, 2.24) is 9.97 Å². The zero-order valence-electron chi connectivity index (χ0n) is 11.0. The van der Waals surface area contributed by atoms with Gasteiger partial charge in [-0.2, -0.15) is 8.42 Å². The smallest absolute Gasteiger partial charge is 0.306 e. The fraction of sp³-hybridized carbons (Fsp3) is 0. The highest BCUT2D eigenvalue weighted by Crippen LogP contribution is 2.32. The van der Waals surface area contributed by atoms with E-state index in [1.807, 2.05) is 0 Å². The highest BCUT2D eigenvalue weighted by Gasteiger charge is 2.20. The van der Waals surface area contributed by atoms with E-state index in [1.54, 1.807) is 30.3 Å². The second kappa shape index (κ2) is 4.93. The number of aromatic amines is 2. The van der Waals surface area contributed by atoms with Gasteiger partial charge in [-0.25, -0.2) is 4.79 Å². The van der Waals surface area contributed by atoms with Crippen molar-refractivity contribution in [2.24, 2.45) is 0 Å². The number of H-pyrrole nitrogens is 2. The maximum absolute atomic E-state index is 11.9. The minimum absolute atomic E-state index is 0.0510. The first-order valence-electron chi connectivity index (χ1n) is 6.20. The molecule has 3 aromatic rings. The Morgan fingerprint density at radius 3 is 2.23 bits per heavy atom. The summed E-state index contributed by atoms with van der Waals surface area (Å²) < 4.78 is 32.7. The molecule has 0 fully saturated rings. The van der Waals surface area contributed by atoms with Crippen LogP contribution in [-0.2, 0) is 10.1 Å². The molecule has 1 aromatic heterocycles. The third kappa shape index (κ3) is 2.34. The summed E-state index contributed by atoms with van der Waals surface area (Å²) in [5, 5.41) is 0.117. The molecule has 112 valence electrons. The largest absolute Gasteiger partial charge is 0.326 e. The Kier molecular flexibility index (Phi) is 3.19. The van der Waals surface area contributed by atoms with Crippen molar-refractivity contribution in [3.8, 4) is 11.1 Å². The van der Waals surface area contributed by atoms with Gasteiger partial charge in [-0.3, -0.25) is 14.3 Å². The molecule has 0 amide bonds. The fourth-order valence-corrected chi connectivity index (χ4v) is 3.04. The molecule has 0 spiro atoms. The van der Waals surface area contributed by atoms with Crippen LogP contribution in [0.15, 0.2) is 56.9 Å². The van der Waals surface area contributed by atoms with E-state index in [4.69, 9.17) is 0 Å². The van der Waals surface area contributed by atoms with E-state index in [1.165, 1.54) is 6.07 Å². The van der Waals surface area contributed by atoms with Crippen LogP contribution in [0.2, 0.25) is 0 Å². The highest BCUT2D eigenvalue weighted by atomic mass is 32.2. The average molecular weight is 318 g/mol. The van der Waals surface area contributed by atoms with Crippen LogP contribution in [0, 0.1) is 0 Å². The Balaban J connectivity index is 2.59. The zero-order chi connectivity index (χ0) is 15.9. The molecule has 0 atom stereocenters. The fourth-order valence-electron chi connectivity index (χ4n) is 2.32. The lowest BCUT2D eigenvalue weighted by atomic mass is 10.0. The third-order valence-corrected chi connectivity index (χ3v) is 4.11. The van der Waals surface area contributed by atoms with Gasteiger partial charge in [0.2, 0.25) is 0 Å². The van der Waals surface area contributed by atoms with Crippen LogP contribution < -0.4 is 11.2 Å². The highest BCUT2D eigenvalue weighted by molar-refractivity contribution is 7.86. The topological polar surface area (TPSA) is 120 Å². The number of hydrogen-bond donors (Lipinski definition) is 3. The van der Waals surface area contributed by atoms with Gasteiger partial charge >= 0.3 is 5.69 Å². The molecule has 3 N–H and O–H groups in total. The van der Waals surface area contributed by atoms with Crippen molar-refractivity contribution in [3.05, 3.63) is 63.3 Å². The van der Waals surface area contributed by atoms with E-state index in [0.717, 1.165) is 6.07 Å². The minimum atomic E-state index is -4.53. The van der Waals surface area contributed by atoms with Gasteiger partial charge in [0.05, 0.1) is 10.9 Å². The van der Waals surface area contributed by atoms with Crippen LogP contribution in [0.3, 0.4) is 0 Å². The third-order valence-electron chi connectivity index (χ3n) is 3.22. The predicted molar refractivity (Wildman–Crippen MR) is 80.4 cm³/mol. The second-order valence-electron chi connectivity index (χ2n) is 4.61. The quantitative estimate of drug-likeness (QED) is 0.612. The minimum Gasteiger partial charge on any atom is -0.306 e. The predicted octanol–water partition coefficient (Wildman–Crippen LogP) is 1.13. The lowest BCUT2D eigenvalue weighted by molar-refractivity contribution is 0.483. The van der Waals surface area contributed by atoms with Crippen molar-refractivity contribution in [2.75, 3.05) is 0 Å².